The number of nitrogens with zero attached hydrogens (tertiary/aromatic N) is 1. The molecular formula is C30H30F2N2O4. The zero-order valence-corrected chi connectivity index (χ0v) is 21.1. The standard InChI is InChI=1S/C30H30F2N2O4/c1-21-30(14-5-9-22-7-3-2-4-8-22,29(36)33-20-23-17-25(31)19-26(32)18-23)34-28(38-21)24-10-12-27(13-11-24)37-16-6-15-35/h2-5,7-13,17-19,21,35H,6,14-16,20H2,1H3,(H,33,36)/b9-5+/t21-,30-/m1/s1. The highest BCUT2D eigenvalue weighted by molar-refractivity contribution is 6.00. The molecule has 1 heterocycles. The van der Waals surface area contributed by atoms with Crippen molar-refractivity contribution >= 4 is 17.9 Å². The molecule has 0 saturated heterocycles. The average Bonchev–Trinajstić information content (AvgIpc) is 3.25. The van der Waals surface area contributed by atoms with Crippen LogP contribution in [0.3, 0.4) is 0 Å². The van der Waals surface area contributed by atoms with E-state index in [2.05, 4.69) is 5.32 Å². The van der Waals surface area contributed by atoms with Crippen molar-refractivity contribution in [3.05, 3.63) is 107 Å². The van der Waals surface area contributed by atoms with Crippen LogP contribution < -0.4 is 10.1 Å². The first-order valence-corrected chi connectivity index (χ1v) is 12.4. The number of carbonyl (C=O) groups is 1. The molecule has 0 aliphatic carbocycles. The lowest BCUT2D eigenvalue weighted by molar-refractivity contribution is -0.128. The summed E-state index contributed by atoms with van der Waals surface area (Å²) in [7, 11) is 0. The van der Waals surface area contributed by atoms with Crippen LogP contribution in [0.4, 0.5) is 8.78 Å². The molecule has 2 N–H and O–H groups in total. The lowest BCUT2D eigenvalue weighted by Crippen LogP contribution is -2.50. The molecule has 3 aromatic rings. The van der Waals surface area contributed by atoms with Crippen LogP contribution in [0, 0.1) is 11.6 Å². The van der Waals surface area contributed by atoms with Gasteiger partial charge in [0.25, 0.3) is 5.91 Å². The lowest BCUT2D eigenvalue weighted by Gasteiger charge is -2.27. The van der Waals surface area contributed by atoms with Gasteiger partial charge < -0.3 is 19.9 Å². The van der Waals surface area contributed by atoms with Gasteiger partial charge in [-0.05, 0) is 54.4 Å². The summed E-state index contributed by atoms with van der Waals surface area (Å²) >= 11 is 0. The molecule has 2 atom stereocenters. The van der Waals surface area contributed by atoms with Crippen LogP contribution in [-0.2, 0) is 16.1 Å². The van der Waals surface area contributed by atoms with Crippen molar-refractivity contribution in [1.29, 1.82) is 0 Å². The van der Waals surface area contributed by atoms with E-state index in [1.165, 1.54) is 12.1 Å². The number of ether oxygens (including phenoxy) is 2. The summed E-state index contributed by atoms with van der Waals surface area (Å²) in [5, 5.41) is 11.7. The van der Waals surface area contributed by atoms with Crippen LogP contribution >= 0.6 is 0 Å². The van der Waals surface area contributed by atoms with E-state index >= 15 is 0 Å². The van der Waals surface area contributed by atoms with Gasteiger partial charge in [-0.3, -0.25) is 4.79 Å². The van der Waals surface area contributed by atoms with E-state index in [9.17, 15) is 13.6 Å². The molecule has 198 valence electrons. The second-order valence-electron chi connectivity index (χ2n) is 9.03. The van der Waals surface area contributed by atoms with Crippen molar-refractivity contribution in [2.75, 3.05) is 13.2 Å². The minimum Gasteiger partial charge on any atom is -0.494 e. The van der Waals surface area contributed by atoms with E-state index in [0.29, 0.717) is 35.8 Å². The fourth-order valence-corrected chi connectivity index (χ4v) is 4.17. The maximum Gasteiger partial charge on any atom is 0.252 e. The number of hydrogen-bond donors (Lipinski definition) is 2. The highest BCUT2D eigenvalue weighted by Crippen LogP contribution is 2.33. The molecule has 8 heteroatoms. The largest absolute Gasteiger partial charge is 0.494 e. The van der Waals surface area contributed by atoms with E-state index in [-0.39, 0.29) is 19.6 Å². The third-order valence-corrected chi connectivity index (χ3v) is 6.24. The highest BCUT2D eigenvalue weighted by Gasteiger charge is 2.49. The van der Waals surface area contributed by atoms with Crippen molar-refractivity contribution < 1.29 is 28.2 Å². The van der Waals surface area contributed by atoms with Crippen LogP contribution in [0.5, 0.6) is 5.75 Å². The molecule has 38 heavy (non-hydrogen) atoms. The molecule has 0 radical (unpaired) electrons. The van der Waals surface area contributed by atoms with Gasteiger partial charge in [0.15, 0.2) is 5.54 Å². The minimum absolute atomic E-state index is 0.0532. The monoisotopic (exact) mass is 520 g/mol. The molecule has 1 amide bonds. The zero-order valence-electron chi connectivity index (χ0n) is 21.1. The minimum atomic E-state index is -1.29. The van der Waals surface area contributed by atoms with E-state index in [1.54, 1.807) is 31.2 Å². The average molecular weight is 521 g/mol. The maximum atomic E-state index is 13.6. The Bertz CT molecular complexity index is 1280. The Balaban J connectivity index is 1.57. The molecule has 0 bridgehead atoms. The molecule has 1 aliphatic rings. The third-order valence-electron chi connectivity index (χ3n) is 6.24. The number of aliphatic imine (C=N–C) groups is 1. The number of nitrogens with one attached hydrogen (secondary N) is 1. The van der Waals surface area contributed by atoms with Gasteiger partial charge in [-0.25, -0.2) is 13.8 Å². The third kappa shape index (κ3) is 6.63. The van der Waals surface area contributed by atoms with Gasteiger partial charge in [0.2, 0.25) is 5.90 Å². The quantitative estimate of drug-likeness (QED) is 0.347. The number of amides is 1. The molecule has 6 nitrogen and oxygen atoms in total. The summed E-state index contributed by atoms with van der Waals surface area (Å²) in [4.78, 5) is 18.3. The van der Waals surface area contributed by atoms with E-state index in [1.807, 2.05) is 42.5 Å². The molecule has 0 spiro atoms. The van der Waals surface area contributed by atoms with E-state index in [0.717, 1.165) is 11.6 Å². The summed E-state index contributed by atoms with van der Waals surface area (Å²) < 4.78 is 39.0. The molecular weight excluding hydrogens is 490 g/mol. The molecule has 1 aliphatic heterocycles. The number of carbonyl (C=O) groups excluding carboxylic acids is 1. The lowest BCUT2D eigenvalue weighted by atomic mass is 9.88. The van der Waals surface area contributed by atoms with Gasteiger partial charge in [0.1, 0.15) is 23.5 Å². The van der Waals surface area contributed by atoms with Crippen molar-refractivity contribution in [3.8, 4) is 5.75 Å². The summed E-state index contributed by atoms with van der Waals surface area (Å²) in [5.41, 5.74) is 0.674. The number of aliphatic hydroxyl groups excluding tert-OH is 1. The van der Waals surface area contributed by atoms with Crippen LogP contribution in [0.15, 0.2) is 83.9 Å². The predicted molar refractivity (Wildman–Crippen MR) is 142 cm³/mol. The number of halogens is 2. The smallest absolute Gasteiger partial charge is 0.252 e. The van der Waals surface area contributed by atoms with Crippen molar-refractivity contribution in [2.45, 2.75) is 38.0 Å². The Morgan fingerprint density at radius 2 is 1.82 bits per heavy atom. The van der Waals surface area contributed by atoms with Crippen LogP contribution in [0.25, 0.3) is 6.08 Å². The summed E-state index contributed by atoms with van der Waals surface area (Å²) in [6.07, 6.45) is 3.96. The van der Waals surface area contributed by atoms with Gasteiger partial charge in [0.05, 0.1) is 6.61 Å². The number of rotatable bonds is 11. The Hall–Kier alpha value is -4.04. The maximum absolute atomic E-state index is 13.6. The van der Waals surface area contributed by atoms with Gasteiger partial charge in [0, 0.05) is 37.6 Å². The van der Waals surface area contributed by atoms with Crippen LogP contribution in [-0.4, -0.2) is 41.8 Å². The molecule has 0 unspecified atom stereocenters. The molecule has 0 fully saturated rings. The van der Waals surface area contributed by atoms with Crippen LogP contribution in [0.2, 0.25) is 0 Å². The highest BCUT2D eigenvalue weighted by atomic mass is 19.1. The van der Waals surface area contributed by atoms with Crippen molar-refractivity contribution in [2.24, 2.45) is 4.99 Å². The molecule has 0 aromatic heterocycles. The number of hydrogen-bond acceptors (Lipinski definition) is 5. The predicted octanol–water partition coefficient (Wildman–Crippen LogP) is 5.05. The summed E-state index contributed by atoms with van der Waals surface area (Å²) in [5.74, 6) is -0.871. The van der Waals surface area contributed by atoms with Gasteiger partial charge in [-0.2, -0.15) is 0 Å². The Labute approximate surface area is 220 Å². The SMILES string of the molecule is C[C@H]1OC(c2ccc(OCCCO)cc2)=N[C@@]1(C/C=C/c1ccccc1)C(=O)NCc1cc(F)cc(F)c1. The van der Waals surface area contributed by atoms with Crippen LogP contribution in [0.1, 0.15) is 36.5 Å². The normalized spacial score (nSPS) is 18.7. The fourth-order valence-electron chi connectivity index (χ4n) is 4.17. The molecule has 0 saturated carbocycles. The molecule has 3 aromatic carbocycles. The Morgan fingerprint density at radius 3 is 2.50 bits per heavy atom. The second-order valence-corrected chi connectivity index (χ2v) is 9.03. The van der Waals surface area contributed by atoms with E-state index < -0.39 is 29.2 Å². The topological polar surface area (TPSA) is 80.2 Å². The molecule has 4 rings (SSSR count). The first-order chi connectivity index (χ1) is 18.4. The first kappa shape index (κ1) is 27.0. The van der Waals surface area contributed by atoms with Gasteiger partial charge >= 0.3 is 0 Å². The summed E-state index contributed by atoms with van der Waals surface area (Å²) in [6, 6.07) is 20.0. The van der Waals surface area contributed by atoms with Crippen molar-refractivity contribution in [3.63, 3.8) is 0 Å². The van der Waals surface area contributed by atoms with Gasteiger partial charge in [-0.1, -0.05) is 42.5 Å². The van der Waals surface area contributed by atoms with Gasteiger partial charge in [-0.15, -0.1) is 0 Å². The van der Waals surface area contributed by atoms with Crippen molar-refractivity contribution in [1.82, 2.24) is 5.32 Å². The second kappa shape index (κ2) is 12.5. The zero-order chi connectivity index (χ0) is 27.0. The first-order valence-electron chi connectivity index (χ1n) is 12.4. The Morgan fingerprint density at radius 1 is 1.11 bits per heavy atom. The summed E-state index contributed by atoms with van der Waals surface area (Å²) in [6.45, 7) is 2.17. The number of aliphatic hydroxyl groups is 1. The van der Waals surface area contributed by atoms with E-state index in [4.69, 9.17) is 19.6 Å². The number of benzene rings is 3. The fraction of sp³-hybridized carbons (Fsp3) is 0.267. The Kier molecular flexibility index (Phi) is 8.86.